The van der Waals surface area contributed by atoms with Crippen LogP contribution in [0.5, 0.6) is 5.75 Å². The fourth-order valence-electron chi connectivity index (χ4n) is 3.39. The lowest BCUT2D eigenvalue weighted by molar-refractivity contribution is -0.00000500. The SMILES string of the molecule is CCOc1ccc(C2NCCc3c2[nH]c2ccccc32)cc1.[Cl-]. The summed E-state index contributed by atoms with van der Waals surface area (Å²) in [5.41, 5.74) is 5.26. The van der Waals surface area contributed by atoms with Gasteiger partial charge in [-0.2, -0.15) is 0 Å². The van der Waals surface area contributed by atoms with Crippen LogP contribution in [0.3, 0.4) is 0 Å². The van der Waals surface area contributed by atoms with Gasteiger partial charge in [-0.15, -0.1) is 0 Å². The van der Waals surface area contributed by atoms with E-state index in [1.807, 2.05) is 6.92 Å². The Morgan fingerprint density at radius 2 is 1.87 bits per heavy atom. The molecule has 1 aromatic heterocycles. The Labute approximate surface area is 142 Å². The maximum atomic E-state index is 5.54. The van der Waals surface area contributed by atoms with Gasteiger partial charge in [-0.25, -0.2) is 0 Å². The van der Waals surface area contributed by atoms with E-state index < -0.39 is 0 Å². The summed E-state index contributed by atoms with van der Waals surface area (Å²) in [6.45, 7) is 3.72. The predicted octanol–water partition coefficient (Wildman–Crippen LogP) is 0.806. The second-order valence-corrected chi connectivity index (χ2v) is 5.70. The van der Waals surface area contributed by atoms with Crippen molar-refractivity contribution in [2.75, 3.05) is 13.2 Å². The van der Waals surface area contributed by atoms with Crippen LogP contribution in [-0.2, 0) is 6.42 Å². The minimum Gasteiger partial charge on any atom is -1.00 e. The molecule has 0 aliphatic carbocycles. The summed E-state index contributed by atoms with van der Waals surface area (Å²) in [7, 11) is 0. The number of hydrogen-bond donors (Lipinski definition) is 2. The molecule has 4 heteroatoms. The van der Waals surface area contributed by atoms with E-state index in [0.29, 0.717) is 6.61 Å². The van der Waals surface area contributed by atoms with E-state index in [1.54, 1.807) is 0 Å². The van der Waals surface area contributed by atoms with Gasteiger partial charge in [0, 0.05) is 23.1 Å². The van der Waals surface area contributed by atoms with Crippen molar-refractivity contribution in [1.29, 1.82) is 0 Å². The van der Waals surface area contributed by atoms with Gasteiger partial charge < -0.3 is 27.4 Å². The molecule has 0 spiro atoms. The van der Waals surface area contributed by atoms with Crippen LogP contribution in [0.2, 0.25) is 0 Å². The number of halogens is 1. The Morgan fingerprint density at radius 3 is 2.65 bits per heavy atom. The molecule has 0 bridgehead atoms. The van der Waals surface area contributed by atoms with Crippen LogP contribution < -0.4 is 22.5 Å². The topological polar surface area (TPSA) is 37.0 Å². The first-order valence-corrected chi connectivity index (χ1v) is 7.92. The van der Waals surface area contributed by atoms with Crippen LogP contribution in [0, 0.1) is 0 Å². The molecule has 1 unspecified atom stereocenters. The Kier molecular flexibility index (Phi) is 4.60. The third kappa shape index (κ3) is 2.82. The summed E-state index contributed by atoms with van der Waals surface area (Å²) < 4.78 is 5.54. The highest BCUT2D eigenvalue weighted by atomic mass is 35.5. The normalized spacial score (nSPS) is 16.7. The number of hydrogen-bond acceptors (Lipinski definition) is 2. The van der Waals surface area contributed by atoms with Crippen LogP contribution in [0.1, 0.15) is 29.8 Å². The average molecular weight is 328 g/mol. The number of benzene rings is 2. The molecular weight excluding hydrogens is 308 g/mol. The van der Waals surface area contributed by atoms with Gasteiger partial charge in [0.25, 0.3) is 0 Å². The van der Waals surface area contributed by atoms with E-state index in [0.717, 1.165) is 18.7 Å². The molecular formula is C19H20ClN2O-. The molecule has 4 rings (SSSR count). The molecule has 0 saturated carbocycles. The Hall–Kier alpha value is -1.97. The maximum absolute atomic E-state index is 5.54. The largest absolute Gasteiger partial charge is 1.00 e. The van der Waals surface area contributed by atoms with Gasteiger partial charge in [0.15, 0.2) is 0 Å². The standard InChI is InChI=1S/C19H20N2O.ClH/c1-2-22-14-9-7-13(8-10-14)18-19-16(11-12-20-18)15-5-3-4-6-17(15)21-19;/h3-10,18,20-21H,2,11-12H2,1H3;1H/p-1. The molecule has 120 valence electrons. The van der Waals surface area contributed by atoms with Crippen molar-refractivity contribution in [1.82, 2.24) is 10.3 Å². The molecule has 1 aliphatic rings. The molecule has 1 atom stereocenters. The highest BCUT2D eigenvalue weighted by Crippen LogP contribution is 2.33. The van der Waals surface area contributed by atoms with Crippen molar-refractivity contribution in [3.8, 4) is 5.75 Å². The third-order valence-corrected chi connectivity index (χ3v) is 4.38. The van der Waals surface area contributed by atoms with Gasteiger partial charge in [-0.3, -0.25) is 0 Å². The van der Waals surface area contributed by atoms with E-state index in [2.05, 4.69) is 58.8 Å². The molecule has 3 nitrogen and oxygen atoms in total. The molecule has 0 saturated heterocycles. The number of rotatable bonds is 3. The number of aromatic amines is 1. The zero-order chi connectivity index (χ0) is 14.9. The van der Waals surface area contributed by atoms with E-state index in [-0.39, 0.29) is 18.4 Å². The van der Waals surface area contributed by atoms with Gasteiger partial charge in [0.05, 0.1) is 12.6 Å². The van der Waals surface area contributed by atoms with Crippen molar-refractivity contribution in [2.45, 2.75) is 19.4 Å². The Morgan fingerprint density at radius 1 is 1.09 bits per heavy atom. The van der Waals surface area contributed by atoms with Gasteiger partial charge in [-0.1, -0.05) is 30.3 Å². The van der Waals surface area contributed by atoms with Crippen molar-refractivity contribution >= 4 is 10.9 Å². The number of fused-ring (bicyclic) bond motifs is 3. The molecule has 23 heavy (non-hydrogen) atoms. The lowest BCUT2D eigenvalue weighted by Crippen LogP contribution is -3.00. The van der Waals surface area contributed by atoms with Gasteiger partial charge >= 0.3 is 0 Å². The molecule has 0 radical (unpaired) electrons. The van der Waals surface area contributed by atoms with E-state index in [4.69, 9.17) is 4.74 Å². The summed E-state index contributed by atoms with van der Waals surface area (Å²) in [6, 6.07) is 17.2. The molecule has 2 N–H and O–H groups in total. The second-order valence-electron chi connectivity index (χ2n) is 5.70. The van der Waals surface area contributed by atoms with Crippen LogP contribution in [0.4, 0.5) is 0 Å². The summed E-state index contributed by atoms with van der Waals surface area (Å²) in [4.78, 5) is 3.61. The van der Waals surface area contributed by atoms with Crippen molar-refractivity contribution in [2.24, 2.45) is 0 Å². The minimum absolute atomic E-state index is 0. The number of ether oxygens (including phenoxy) is 1. The summed E-state index contributed by atoms with van der Waals surface area (Å²) in [5.74, 6) is 0.930. The predicted molar refractivity (Wildman–Crippen MR) is 89.5 cm³/mol. The average Bonchev–Trinajstić information content (AvgIpc) is 2.95. The first-order chi connectivity index (χ1) is 10.9. The number of para-hydroxylation sites is 1. The minimum atomic E-state index is 0. The van der Waals surface area contributed by atoms with Crippen molar-refractivity contribution in [3.05, 3.63) is 65.4 Å². The van der Waals surface area contributed by atoms with Crippen LogP contribution >= 0.6 is 0 Å². The fraction of sp³-hybridized carbons (Fsp3) is 0.263. The zero-order valence-electron chi connectivity index (χ0n) is 13.1. The second kappa shape index (κ2) is 6.65. The highest BCUT2D eigenvalue weighted by Gasteiger charge is 2.24. The van der Waals surface area contributed by atoms with E-state index >= 15 is 0 Å². The van der Waals surface area contributed by atoms with Gasteiger partial charge in [-0.05, 0) is 42.7 Å². The van der Waals surface area contributed by atoms with Gasteiger partial charge in [0.2, 0.25) is 0 Å². The van der Waals surface area contributed by atoms with Crippen LogP contribution in [-0.4, -0.2) is 18.1 Å². The van der Waals surface area contributed by atoms with Crippen LogP contribution in [0.15, 0.2) is 48.5 Å². The summed E-state index contributed by atoms with van der Waals surface area (Å²) in [6.07, 6.45) is 1.08. The highest BCUT2D eigenvalue weighted by molar-refractivity contribution is 5.85. The third-order valence-electron chi connectivity index (χ3n) is 4.38. The van der Waals surface area contributed by atoms with E-state index in [9.17, 15) is 0 Å². The lowest BCUT2D eigenvalue weighted by atomic mass is 9.94. The Balaban J connectivity index is 0.00000156. The molecule has 2 aromatic carbocycles. The first kappa shape index (κ1) is 15.9. The van der Waals surface area contributed by atoms with Crippen LogP contribution in [0.25, 0.3) is 10.9 Å². The smallest absolute Gasteiger partial charge is 0.119 e. The molecule has 0 fully saturated rings. The molecule has 2 heterocycles. The first-order valence-electron chi connectivity index (χ1n) is 7.92. The quantitative estimate of drug-likeness (QED) is 0.747. The maximum Gasteiger partial charge on any atom is 0.119 e. The lowest BCUT2D eigenvalue weighted by Gasteiger charge is -2.25. The number of H-pyrrole nitrogens is 1. The number of aromatic nitrogens is 1. The molecule has 3 aromatic rings. The zero-order valence-corrected chi connectivity index (χ0v) is 13.9. The molecule has 0 amide bonds. The molecule has 1 aliphatic heterocycles. The fourth-order valence-corrected chi connectivity index (χ4v) is 3.39. The van der Waals surface area contributed by atoms with Crippen molar-refractivity contribution < 1.29 is 17.1 Å². The summed E-state index contributed by atoms with van der Waals surface area (Å²) in [5, 5.41) is 4.99. The van der Waals surface area contributed by atoms with E-state index in [1.165, 1.54) is 27.7 Å². The van der Waals surface area contributed by atoms with Gasteiger partial charge in [0.1, 0.15) is 5.75 Å². The monoisotopic (exact) mass is 327 g/mol. The van der Waals surface area contributed by atoms with Crippen molar-refractivity contribution in [3.63, 3.8) is 0 Å². The Bertz CT molecular complexity index is 795. The number of nitrogens with one attached hydrogen (secondary N) is 2. The summed E-state index contributed by atoms with van der Waals surface area (Å²) >= 11 is 0.